The molecule has 0 aromatic rings. The van der Waals surface area contributed by atoms with Crippen LogP contribution in [-0.2, 0) is 19.1 Å². The van der Waals surface area contributed by atoms with Gasteiger partial charge < -0.3 is 25.6 Å². The van der Waals surface area contributed by atoms with Gasteiger partial charge >= 0.3 is 18.0 Å². The zero-order valence-corrected chi connectivity index (χ0v) is 15.3. The van der Waals surface area contributed by atoms with Crippen molar-refractivity contribution in [3.8, 4) is 0 Å². The van der Waals surface area contributed by atoms with Crippen molar-refractivity contribution in [1.29, 1.82) is 0 Å². The summed E-state index contributed by atoms with van der Waals surface area (Å²) in [4.78, 5) is 35.8. The fourth-order valence-electron chi connectivity index (χ4n) is 1.90. The highest BCUT2D eigenvalue weighted by Gasteiger charge is 2.38. The van der Waals surface area contributed by atoms with Gasteiger partial charge in [0, 0.05) is 0 Å². The summed E-state index contributed by atoms with van der Waals surface area (Å²) in [6.07, 6.45) is -0.307. The number of alkyl carbamates (subject to hydrolysis) is 1. The number of esters is 1. The molecule has 0 saturated carbocycles. The van der Waals surface area contributed by atoms with E-state index in [1.807, 2.05) is 0 Å². The summed E-state index contributed by atoms with van der Waals surface area (Å²) >= 11 is 0. The van der Waals surface area contributed by atoms with Gasteiger partial charge in [0.15, 0.2) is 0 Å². The number of carbonyl (C=O) groups is 3. The minimum atomic E-state index is -1.46. The SMILES string of the molecule is CC(C)(C)OC(=O)N[C@H](C(=O)O)C(CCCN)C(=O)OC(C)(C)C. The van der Waals surface area contributed by atoms with E-state index in [4.69, 9.17) is 15.2 Å². The number of carboxylic acids is 1. The molecule has 0 spiro atoms. The van der Waals surface area contributed by atoms with Gasteiger partial charge in [0.2, 0.25) is 0 Å². The number of ether oxygens (including phenoxy) is 2. The Morgan fingerprint density at radius 2 is 1.54 bits per heavy atom. The van der Waals surface area contributed by atoms with Gasteiger partial charge in [-0.2, -0.15) is 0 Å². The average molecular weight is 346 g/mol. The zero-order chi connectivity index (χ0) is 19.1. The largest absolute Gasteiger partial charge is 0.480 e. The minimum absolute atomic E-state index is 0.179. The number of carboxylic acid groups (broad SMARTS) is 1. The van der Waals surface area contributed by atoms with Crippen molar-refractivity contribution in [1.82, 2.24) is 5.32 Å². The van der Waals surface area contributed by atoms with Crippen LogP contribution in [0.1, 0.15) is 54.4 Å². The molecule has 0 heterocycles. The van der Waals surface area contributed by atoms with Crippen LogP contribution in [0.25, 0.3) is 0 Å². The molecule has 8 heteroatoms. The highest BCUT2D eigenvalue weighted by Crippen LogP contribution is 2.19. The first-order chi connectivity index (χ1) is 10.8. The van der Waals surface area contributed by atoms with Crippen molar-refractivity contribution >= 4 is 18.0 Å². The first-order valence-electron chi connectivity index (χ1n) is 7.92. The van der Waals surface area contributed by atoms with E-state index in [0.717, 1.165) is 0 Å². The molecule has 0 aromatic carbocycles. The Kier molecular flexibility index (Phi) is 8.19. The number of aliphatic carboxylic acids is 1. The van der Waals surface area contributed by atoms with E-state index < -0.39 is 41.2 Å². The van der Waals surface area contributed by atoms with Crippen molar-refractivity contribution in [3.05, 3.63) is 0 Å². The van der Waals surface area contributed by atoms with Gasteiger partial charge in [-0.05, 0) is 60.9 Å². The molecule has 4 N–H and O–H groups in total. The minimum Gasteiger partial charge on any atom is -0.480 e. The lowest BCUT2D eigenvalue weighted by molar-refractivity contribution is -0.164. The molecular formula is C16H30N2O6. The van der Waals surface area contributed by atoms with E-state index in [1.165, 1.54) is 0 Å². The fourth-order valence-corrected chi connectivity index (χ4v) is 1.90. The lowest BCUT2D eigenvalue weighted by Gasteiger charge is -2.28. The van der Waals surface area contributed by atoms with Crippen LogP contribution in [0.2, 0.25) is 0 Å². The van der Waals surface area contributed by atoms with Crippen molar-refractivity contribution in [2.45, 2.75) is 71.6 Å². The molecule has 1 unspecified atom stereocenters. The van der Waals surface area contributed by atoms with Crippen LogP contribution in [0, 0.1) is 5.92 Å². The topological polar surface area (TPSA) is 128 Å². The Hall–Kier alpha value is -1.83. The third-order valence-electron chi connectivity index (χ3n) is 2.77. The molecule has 0 aliphatic heterocycles. The van der Waals surface area contributed by atoms with Gasteiger partial charge in [-0.15, -0.1) is 0 Å². The van der Waals surface area contributed by atoms with E-state index >= 15 is 0 Å². The predicted molar refractivity (Wildman–Crippen MR) is 88.4 cm³/mol. The zero-order valence-electron chi connectivity index (χ0n) is 15.3. The van der Waals surface area contributed by atoms with Crippen LogP contribution in [0.3, 0.4) is 0 Å². The molecule has 0 radical (unpaired) electrons. The molecule has 1 amide bonds. The molecule has 0 aromatic heterocycles. The molecule has 140 valence electrons. The number of carbonyl (C=O) groups excluding carboxylic acids is 2. The first kappa shape index (κ1) is 22.2. The molecule has 0 bridgehead atoms. The van der Waals surface area contributed by atoms with Crippen LogP contribution < -0.4 is 11.1 Å². The Morgan fingerprint density at radius 1 is 1.04 bits per heavy atom. The Bertz CT molecular complexity index is 450. The third kappa shape index (κ3) is 9.34. The van der Waals surface area contributed by atoms with Gasteiger partial charge in [-0.3, -0.25) is 4.79 Å². The molecule has 8 nitrogen and oxygen atoms in total. The number of rotatable bonds is 7. The lowest BCUT2D eigenvalue weighted by Crippen LogP contribution is -2.51. The van der Waals surface area contributed by atoms with E-state index in [9.17, 15) is 19.5 Å². The maximum absolute atomic E-state index is 12.4. The number of nitrogens with two attached hydrogens (primary N) is 1. The van der Waals surface area contributed by atoms with Crippen LogP contribution >= 0.6 is 0 Å². The number of amides is 1. The van der Waals surface area contributed by atoms with Gasteiger partial charge in [0.1, 0.15) is 17.2 Å². The average Bonchev–Trinajstić information content (AvgIpc) is 2.33. The second-order valence-corrected chi connectivity index (χ2v) is 7.53. The van der Waals surface area contributed by atoms with Crippen LogP contribution in [0.15, 0.2) is 0 Å². The summed E-state index contributed by atoms with van der Waals surface area (Å²) in [6, 6.07) is -1.46. The number of hydrogen-bond acceptors (Lipinski definition) is 6. The maximum atomic E-state index is 12.4. The molecule has 0 fully saturated rings. The van der Waals surface area contributed by atoms with Crippen molar-refractivity contribution in [3.63, 3.8) is 0 Å². The van der Waals surface area contributed by atoms with Gasteiger partial charge in [-0.1, -0.05) is 0 Å². The summed E-state index contributed by atoms with van der Waals surface area (Å²) in [5, 5.41) is 11.7. The monoisotopic (exact) mass is 346 g/mol. The van der Waals surface area contributed by atoms with Crippen molar-refractivity contribution in [2.75, 3.05) is 6.54 Å². The second-order valence-electron chi connectivity index (χ2n) is 7.53. The smallest absolute Gasteiger partial charge is 0.408 e. The fraction of sp³-hybridized carbons (Fsp3) is 0.812. The van der Waals surface area contributed by atoms with E-state index in [2.05, 4.69) is 5.32 Å². The number of hydrogen-bond donors (Lipinski definition) is 3. The summed E-state index contributed by atoms with van der Waals surface area (Å²) in [7, 11) is 0. The summed E-state index contributed by atoms with van der Waals surface area (Å²) in [6.45, 7) is 10.3. The normalized spacial score (nSPS) is 14.5. The molecule has 0 saturated heterocycles. The molecule has 2 atom stereocenters. The van der Waals surface area contributed by atoms with Gasteiger partial charge in [0.05, 0.1) is 5.92 Å². The summed E-state index contributed by atoms with van der Waals surface area (Å²) < 4.78 is 10.3. The highest BCUT2D eigenvalue weighted by atomic mass is 16.6. The predicted octanol–water partition coefficient (Wildman–Crippen LogP) is 1.66. The van der Waals surface area contributed by atoms with Crippen molar-refractivity contribution in [2.24, 2.45) is 11.7 Å². The Labute approximate surface area is 143 Å². The first-order valence-corrected chi connectivity index (χ1v) is 7.92. The van der Waals surface area contributed by atoms with Crippen LogP contribution in [-0.4, -0.2) is 46.9 Å². The Balaban J connectivity index is 5.28. The Morgan fingerprint density at radius 3 is 1.92 bits per heavy atom. The van der Waals surface area contributed by atoms with Gasteiger partial charge in [-0.25, -0.2) is 9.59 Å². The van der Waals surface area contributed by atoms with E-state index in [1.54, 1.807) is 41.5 Å². The summed E-state index contributed by atoms with van der Waals surface area (Å²) in [5.74, 6) is -3.09. The maximum Gasteiger partial charge on any atom is 0.408 e. The molecule has 0 aliphatic rings. The molecule has 24 heavy (non-hydrogen) atoms. The lowest BCUT2D eigenvalue weighted by atomic mass is 9.94. The number of nitrogens with one attached hydrogen (secondary N) is 1. The standard InChI is InChI=1S/C16H30N2O6/c1-15(2,3)23-13(21)10(8-7-9-17)11(12(19)20)18-14(22)24-16(4,5)6/h10-11H,7-9,17H2,1-6H3,(H,18,22)(H,19,20)/t10?,11-/m0/s1. The van der Waals surface area contributed by atoms with Gasteiger partial charge in [0.25, 0.3) is 0 Å². The molecular weight excluding hydrogens is 316 g/mol. The third-order valence-corrected chi connectivity index (χ3v) is 2.77. The molecule has 0 aliphatic carbocycles. The van der Waals surface area contributed by atoms with Crippen LogP contribution in [0.4, 0.5) is 4.79 Å². The van der Waals surface area contributed by atoms with Crippen LogP contribution in [0.5, 0.6) is 0 Å². The quantitative estimate of drug-likeness (QED) is 0.598. The van der Waals surface area contributed by atoms with E-state index in [0.29, 0.717) is 6.42 Å². The highest BCUT2D eigenvalue weighted by molar-refractivity contribution is 5.87. The van der Waals surface area contributed by atoms with E-state index in [-0.39, 0.29) is 13.0 Å². The molecule has 0 rings (SSSR count). The second kappa shape index (κ2) is 8.86. The summed E-state index contributed by atoms with van der Waals surface area (Å²) in [5.41, 5.74) is 3.90. The van der Waals surface area contributed by atoms with Crippen molar-refractivity contribution < 1.29 is 29.0 Å².